The van der Waals surface area contributed by atoms with Gasteiger partial charge < -0.3 is 14.6 Å². The van der Waals surface area contributed by atoms with E-state index >= 15 is 0 Å². The number of aldehydes is 1. The molecule has 0 aliphatic heterocycles. The van der Waals surface area contributed by atoms with Gasteiger partial charge in [0, 0.05) is 12.8 Å². The predicted molar refractivity (Wildman–Crippen MR) is 100.0 cm³/mol. The van der Waals surface area contributed by atoms with Crippen molar-refractivity contribution in [3.05, 3.63) is 12.7 Å². The second kappa shape index (κ2) is 21.8. The lowest BCUT2D eigenvalue weighted by atomic mass is 10.1. The molecule has 1 unspecified atom stereocenters. The zero-order valence-electron chi connectivity index (χ0n) is 15.8. The van der Waals surface area contributed by atoms with Crippen molar-refractivity contribution < 1.29 is 19.4 Å². The third kappa shape index (κ3) is 20.8. The molecular weight excluding hydrogens is 304 g/mol. The molecule has 0 saturated heterocycles. The summed E-state index contributed by atoms with van der Waals surface area (Å²) in [7, 11) is 0. The Morgan fingerprint density at radius 2 is 1.54 bits per heavy atom. The lowest BCUT2D eigenvalue weighted by molar-refractivity contribution is -0.153. The molecule has 0 amide bonds. The maximum atomic E-state index is 11.0. The van der Waals surface area contributed by atoms with E-state index in [0.717, 1.165) is 38.4 Å². The number of carbonyl (C=O) groups excluding carboxylic acids is 2. The average Bonchev–Trinajstić information content (AvgIpc) is 2.58. The fourth-order valence-electron chi connectivity index (χ4n) is 2.06. The number of rotatable bonds is 15. The third-order valence-electron chi connectivity index (χ3n) is 3.58. The Morgan fingerprint density at radius 3 is 2.08 bits per heavy atom. The largest absolute Gasteiger partial charge is 0.464 e. The van der Waals surface area contributed by atoms with E-state index in [1.807, 2.05) is 0 Å². The van der Waals surface area contributed by atoms with Gasteiger partial charge in [0.15, 0.2) is 6.10 Å². The molecule has 0 radical (unpaired) electrons. The Balaban J connectivity index is 0. The van der Waals surface area contributed by atoms with Crippen LogP contribution in [0.3, 0.4) is 0 Å². The molecular formula is C20H38O4. The maximum Gasteiger partial charge on any atom is 0.335 e. The number of carbonyl (C=O) groups is 2. The monoisotopic (exact) mass is 342 g/mol. The molecule has 4 heteroatoms. The second-order valence-electron chi connectivity index (χ2n) is 5.99. The van der Waals surface area contributed by atoms with Gasteiger partial charge in [0.1, 0.15) is 6.29 Å². The molecule has 0 rings (SSSR count). The third-order valence-corrected chi connectivity index (χ3v) is 3.58. The van der Waals surface area contributed by atoms with Crippen molar-refractivity contribution in [2.24, 2.45) is 0 Å². The first kappa shape index (κ1) is 25.1. The van der Waals surface area contributed by atoms with E-state index in [4.69, 9.17) is 9.84 Å². The van der Waals surface area contributed by atoms with Gasteiger partial charge in [0.05, 0.1) is 6.61 Å². The molecule has 1 N–H and O–H groups in total. The highest BCUT2D eigenvalue weighted by molar-refractivity contribution is 5.74. The van der Waals surface area contributed by atoms with Crippen LogP contribution in [0.25, 0.3) is 0 Å². The van der Waals surface area contributed by atoms with Gasteiger partial charge in [0.2, 0.25) is 0 Å². The molecule has 24 heavy (non-hydrogen) atoms. The van der Waals surface area contributed by atoms with Crippen LogP contribution in [0.1, 0.15) is 90.9 Å². The minimum atomic E-state index is -1.04. The van der Waals surface area contributed by atoms with Crippen LogP contribution >= 0.6 is 0 Å². The Hall–Kier alpha value is -1.16. The molecule has 0 aromatic carbocycles. The standard InChI is InChI=1S/C10H18O3.C10H20O/c1-3-5-6-8-13-10(12)9(11)7-4-2;1-2-3-4-5-6-7-8-9-10-11/h4,9,11H,2-3,5-8H2,1H3;10H,2-9H2,1H3. The van der Waals surface area contributed by atoms with Gasteiger partial charge in [-0.2, -0.15) is 0 Å². The summed E-state index contributed by atoms with van der Waals surface area (Å²) >= 11 is 0. The van der Waals surface area contributed by atoms with Crippen LogP contribution in [0.15, 0.2) is 12.7 Å². The topological polar surface area (TPSA) is 63.6 Å². The Kier molecular flexibility index (Phi) is 22.8. The number of ether oxygens (including phenoxy) is 1. The second-order valence-corrected chi connectivity index (χ2v) is 5.99. The van der Waals surface area contributed by atoms with Gasteiger partial charge in [-0.3, -0.25) is 0 Å². The molecule has 0 fully saturated rings. The quantitative estimate of drug-likeness (QED) is 0.197. The van der Waals surface area contributed by atoms with Crippen LogP contribution in [-0.4, -0.2) is 30.1 Å². The fraction of sp³-hybridized carbons (Fsp3) is 0.800. The van der Waals surface area contributed by atoms with Gasteiger partial charge >= 0.3 is 5.97 Å². The SMILES string of the molecule is C=CCC(O)C(=O)OCCCCC.CCCCCCCCCC=O. The zero-order chi connectivity index (χ0) is 18.5. The van der Waals surface area contributed by atoms with Gasteiger partial charge in [-0.15, -0.1) is 6.58 Å². The van der Waals surface area contributed by atoms with E-state index in [1.54, 1.807) is 0 Å². The zero-order valence-corrected chi connectivity index (χ0v) is 15.8. The Labute approximate surface area is 148 Å². The minimum absolute atomic E-state index is 0.257. The molecule has 4 nitrogen and oxygen atoms in total. The van der Waals surface area contributed by atoms with Crippen molar-refractivity contribution in [2.45, 2.75) is 97.0 Å². The highest BCUT2D eigenvalue weighted by Crippen LogP contribution is 2.07. The van der Waals surface area contributed by atoms with Crippen LogP contribution in [-0.2, 0) is 14.3 Å². The van der Waals surface area contributed by atoms with Crippen LogP contribution in [0.4, 0.5) is 0 Å². The molecule has 142 valence electrons. The van der Waals surface area contributed by atoms with Crippen molar-refractivity contribution in [3.8, 4) is 0 Å². The molecule has 0 saturated carbocycles. The average molecular weight is 343 g/mol. The van der Waals surface area contributed by atoms with Crippen molar-refractivity contribution in [2.75, 3.05) is 6.61 Å². The summed E-state index contributed by atoms with van der Waals surface area (Å²) in [6, 6.07) is 0. The first-order chi connectivity index (χ1) is 11.6. The molecule has 1 atom stereocenters. The lowest BCUT2D eigenvalue weighted by Gasteiger charge is -2.07. The summed E-state index contributed by atoms with van der Waals surface area (Å²) in [5.41, 5.74) is 0. The Morgan fingerprint density at radius 1 is 1.00 bits per heavy atom. The van der Waals surface area contributed by atoms with Crippen LogP contribution in [0, 0.1) is 0 Å². The fourth-order valence-corrected chi connectivity index (χ4v) is 2.06. The lowest BCUT2D eigenvalue weighted by Crippen LogP contribution is -2.22. The van der Waals surface area contributed by atoms with Crippen LogP contribution in [0.2, 0.25) is 0 Å². The summed E-state index contributed by atoms with van der Waals surface area (Å²) in [6.45, 7) is 8.13. The van der Waals surface area contributed by atoms with E-state index in [0.29, 0.717) is 6.61 Å². The van der Waals surface area contributed by atoms with Crippen molar-refractivity contribution in [1.82, 2.24) is 0 Å². The van der Waals surface area contributed by atoms with E-state index in [-0.39, 0.29) is 6.42 Å². The predicted octanol–water partition coefficient (Wildman–Crippen LogP) is 4.98. The molecule has 0 aliphatic carbocycles. The number of aliphatic hydroxyl groups excluding tert-OH is 1. The minimum Gasteiger partial charge on any atom is -0.464 e. The number of unbranched alkanes of at least 4 members (excludes halogenated alkanes) is 9. The highest BCUT2D eigenvalue weighted by Gasteiger charge is 2.13. The summed E-state index contributed by atoms with van der Waals surface area (Å²) in [4.78, 5) is 20.9. The first-order valence-corrected chi connectivity index (χ1v) is 9.53. The molecule has 0 aromatic heterocycles. The van der Waals surface area contributed by atoms with Crippen LogP contribution < -0.4 is 0 Å². The highest BCUT2D eigenvalue weighted by atomic mass is 16.5. The molecule has 0 bridgehead atoms. The van der Waals surface area contributed by atoms with E-state index in [9.17, 15) is 9.59 Å². The Bertz CT molecular complexity index is 289. The van der Waals surface area contributed by atoms with Crippen molar-refractivity contribution >= 4 is 12.3 Å². The molecule has 0 aromatic rings. The maximum absolute atomic E-state index is 11.0. The van der Waals surface area contributed by atoms with Crippen molar-refractivity contribution in [3.63, 3.8) is 0 Å². The van der Waals surface area contributed by atoms with E-state index in [2.05, 4.69) is 20.4 Å². The number of hydrogen-bond donors (Lipinski definition) is 1. The van der Waals surface area contributed by atoms with Gasteiger partial charge in [-0.1, -0.05) is 71.3 Å². The van der Waals surface area contributed by atoms with Gasteiger partial charge in [0.25, 0.3) is 0 Å². The summed E-state index contributed by atoms with van der Waals surface area (Å²) in [6.07, 6.45) is 14.5. The molecule has 0 heterocycles. The van der Waals surface area contributed by atoms with Gasteiger partial charge in [-0.25, -0.2) is 4.79 Å². The number of aliphatic hydroxyl groups is 1. The van der Waals surface area contributed by atoms with E-state index < -0.39 is 12.1 Å². The smallest absolute Gasteiger partial charge is 0.335 e. The number of esters is 1. The van der Waals surface area contributed by atoms with Gasteiger partial charge in [-0.05, 0) is 12.8 Å². The summed E-state index contributed by atoms with van der Waals surface area (Å²) in [5.74, 6) is -0.545. The number of hydrogen-bond acceptors (Lipinski definition) is 4. The summed E-state index contributed by atoms with van der Waals surface area (Å²) < 4.78 is 4.82. The molecule has 0 spiro atoms. The van der Waals surface area contributed by atoms with Crippen molar-refractivity contribution in [1.29, 1.82) is 0 Å². The van der Waals surface area contributed by atoms with E-state index in [1.165, 1.54) is 44.6 Å². The summed E-state index contributed by atoms with van der Waals surface area (Å²) in [5, 5.41) is 9.13. The van der Waals surface area contributed by atoms with Crippen LogP contribution in [0.5, 0.6) is 0 Å². The first-order valence-electron chi connectivity index (χ1n) is 9.53. The normalized spacial score (nSPS) is 11.1. The molecule has 0 aliphatic rings.